The van der Waals surface area contributed by atoms with E-state index in [2.05, 4.69) is 5.32 Å². The third-order valence-corrected chi connectivity index (χ3v) is 4.28. The highest BCUT2D eigenvalue weighted by atomic mass is 35.5. The first-order valence-corrected chi connectivity index (χ1v) is 7.56. The second kappa shape index (κ2) is 5.53. The number of fused-ring (bicyclic) bond motifs is 1. The van der Waals surface area contributed by atoms with Crippen LogP contribution in [-0.2, 0) is 0 Å². The van der Waals surface area contributed by atoms with Gasteiger partial charge in [-0.3, -0.25) is 14.2 Å². The summed E-state index contributed by atoms with van der Waals surface area (Å²) in [6.07, 6.45) is 5.99. The molecular formula is C16H17ClN2O2. The molecule has 0 bridgehead atoms. The second-order valence-electron chi connectivity index (χ2n) is 5.55. The molecule has 21 heavy (non-hydrogen) atoms. The van der Waals surface area contributed by atoms with Crippen LogP contribution in [-0.4, -0.2) is 22.4 Å². The maximum Gasteiger partial charge on any atom is 0.253 e. The summed E-state index contributed by atoms with van der Waals surface area (Å²) in [6.45, 7) is 1.47. The molecule has 1 aromatic carbocycles. The number of nitrogens with one attached hydrogen (secondary N) is 1. The maximum atomic E-state index is 12.5. The molecule has 3 rings (SSSR count). The van der Waals surface area contributed by atoms with Crippen LogP contribution in [0.5, 0.6) is 0 Å². The van der Waals surface area contributed by atoms with Crippen LogP contribution in [0.1, 0.15) is 47.8 Å². The summed E-state index contributed by atoms with van der Waals surface area (Å²) in [5.41, 5.74) is 1.20. The summed E-state index contributed by atoms with van der Waals surface area (Å²) in [7, 11) is 0. The Hall–Kier alpha value is -1.81. The first kappa shape index (κ1) is 14.1. The van der Waals surface area contributed by atoms with E-state index >= 15 is 0 Å². The summed E-state index contributed by atoms with van der Waals surface area (Å²) >= 11 is 6.00. The maximum absolute atomic E-state index is 12.5. The number of nitrogens with zero attached hydrogens (tertiary/aromatic N) is 1. The molecule has 110 valence electrons. The Morgan fingerprint density at radius 1 is 1.29 bits per heavy atom. The Morgan fingerprint density at radius 2 is 2.00 bits per heavy atom. The molecule has 0 atom stereocenters. The number of amides is 1. The summed E-state index contributed by atoms with van der Waals surface area (Å²) in [5.74, 6) is -0.253. The number of halogens is 1. The Bertz CT molecular complexity index is 714. The zero-order chi connectivity index (χ0) is 15.0. The number of hydrogen-bond acceptors (Lipinski definition) is 2. The van der Waals surface area contributed by atoms with Gasteiger partial charge in [0, 0.05) is 29.6 Å². The number of hydrogen-bond donors (Lipinski definition) is 1. The molecule has 2 aromatic rings. The van der Waals surface area contributed by atoms with Crippen molar-refractivity contribution in [3.05, 3.63) is 35.0 Å². The average Bonchev–Trinajstić information content (AvgIpc) is 3.05. The number of aromatic nitrogens is 1. The molecule has 1 aromatic heterocycles. The van der Waals surface area contributed by atoms with Crippen LogP contribution in [0.4, 0.5) is 0 Å². The molecule has 0 unspecified atom stereocenters. The molecule has 4 nitrogen and oxygen atoms in total. The molecule has 1 amide bonds. The highest BCUT2D eigenvalue weighted by molar-refractivity contribution is 6.31. The Balaban J connectivity index is 2.01. The van der Waals surface area contributed by atoms with Crippen molar-refractivity contribution in [2.75, 3.05) is 0 Å². The molecule has 1 aliphatic rings. The van der Waals surface area contributed by atoms with Gasteiger partial charge in [-0.2, -0.15) is 0 Å². The molecule has 5 heteroatoms. The Kier molecular flexibility index (Phi) is 3.72. The highest BCUT2D eigenvalue weighted by Crippen LogP contribution is 2.26. The quantitative estimate of drug-likeness (QED) is 0.921. The molecule has 0 spiro atoms. The van der Waals surface area contributed by atoms with Gasteiger partial charge in [-0.1, -0.05) is 30.5 Å². The lowest BCUT2D eigenvalue weighted by Gasteiger charge is -2.11. The minimum atomic E-state index is -0.137. The summed E-state index contributed by atoms with van der Waals surface area (Å²) in [4.78, 5) is 24.2. The van der Waals surface area contributed by atoms with Crippen molar-refractivity contribution in [2.24, 2.45) is 0 Å². The van der Waals surface area contributed by atoms with Crippen molar-refractivity contribution in [1.82, 2.24) is 9.88 Å². The van der Waals surface area contributed by atoms with Crippen LogP contribution in [0.25, 0.3) is 10.9 Å². The van der Waals surface area contributed by atoms with E-state index in [1.54, 1.807) is 24.4 Å². The van der Waals surface area contributed by atoms with Crippen LogP contribution in [0, 0.1) is 0 Å². The molecule has 1 saturated carbocycles. The Labute approximate surface area is 128 Å². The largest absolute Gasteiger partial charge is 0.349 e. The lowest BCUT2D eigenvalue weighted by molar-refractivity contribution is 0.0939. The second-order valence-corrected chi connectivity index (χ2v) is 5.98. The van der Waals surface area contributed by atoms with E-state index in [1.165, 1.54) is 11.5 Å². The van der Waals surface area contributed by atoms with E-state index in [1.807, 2.05) is 0 Å². The predicted octanol–water partition coefficient (Wildman–Crippen LogP) is 3.63. The molecule has 1 N–H and O–H groups in total. The minimum absolute atomic E-state index is 0.116. The van der Waals surface area contributed by atoms with Crippen molar-refractivity contribution in [3.8, 4) is 0 Å². The lowest BCUT2D eigenvalue weighted by Crippen LogP contribution is -2.32. The first-order chi connectivity index (χ1) is 10.1. The molecule has 1 aliphatic carbocycles. The zero-order valence-corrected chi connectivity index (χ0v) is 12.6. The van der Waals surface area contributed by atoms with Crippen LogP contribution >= 0.6 is 11.6 Å². The number of carbonyl (C=O) groups excluding carboxylic acids is 2. The number of rotatable bonds is 2. The average molecular weight is 305 g/mol. The van der Waals surface area contributed by atoms with Gasteiger partial charge in [0.25, 0.3) is 5.91 Å². The van der Waals surface area contributed by atoms with Crippen LogP contribution < -0.4 is 5.32 Å². The third-order valence-electron chi connectivity index (χ3n) is 4.04. The molecular weight excluding hydrogens is 288 g/mol. The first-order valence-electron chi connectivity index (χ1n) is 7.18. The van der Waals surface area contributed by atoms with E-state index in [0.29, 0.717) is 16.1 Å². The number of carbonyl (C=O) groups is 2. The summed E-state index contributed by atoms with van der Waals surface area (Å²) < 4.78 is 1.48. The smallest absolute Gasteiger partial charge is 0.253 e. The molecule has 0 saturated heterocycles. The van der Waals surface area contributed by atoms with Gasteiger partial charge in [-0.15, -0.1) is 0 Å². The summed E-state index contributed by atoms with van der Waals surface area (Å²) in [6, 6.07) is 5.49. The predicted molar refractivity (Wildman–Crippen MR) is 83.0 cm³/mol. The van der Waals surface area contributed by atoms with Crippen LogP contribution in [0.2, 0.25) is 5.02 Å². The molecule has 0 radical (unpaired) electrons. The van der Waals surface area contributed by atoms with Gasteiger partial charge in [0.15, 0.2) is 0 Å². The van der Waals surface area contributed by atoms with Crippen molar-refractivity contribution in [3.63, 3.8) is 0 Å². The highest BCUT2D eigenvalue weighted by Gasteiger charge is 2.21. The van der Waals surface area contributed by atoms with Crippen molar-refractivity contribution in [2.45, 2.75) is 38.6 Å². The van der Waals surface area contributed by atoms with Gasteiger partial charge >= 0.3 is 0 Å². The van der Waals surface area contributed by atoms with E-state index in [-0.39, 0.29) is 17.9 Å². The topological polar surface area (TPSA) is 51.1 Å². The van der Waals surface area contributed by atoms with Crippen molar-refractivity contribution in [1.29, 1.82) is 0 Å². The Morgan fingerprint density at radius 3 is 2.67 bits per heavy atom. The number of benzene rings is 1. The van der Waals surface area contributed by atoms with E-state index in [4.69, 9.17) is 11.6 Å². The third kappa shape index (κ3) is 2.68. The SMILES string of the molecule is CC(=O)n1cc(C(=O)NC2CCCC2)c2ccc(Cl)cc21. The van der Waals surface area contributed by atoms with Crippen LogP contribution in [0.15, 0.2) is 24.4 Å². The molecule has 0 aliphatic heterocycles. The van der Waals surface area contributed by atoms with Gasteiger partial charge in [0.2, 0.25) is 5.91 Å². The normalized spacial score (nSPS) is 15.5. The van der Waals surface area contributed by atoms with Gasteiger partial charge < -0.3 is 5.32 Å². The standard InChI is InChI=1S/C16H17ClN2O2/c1-10(20)19-9-14(13-7-6-11(17)8-15(13)19)16(21)18-12-4-2-3-5-12/h6-9,12H,2-5H2,1H3,(H,18,21). The fraction of sp³-hybridized carbons (Fsp3) is 0.375. The van der Waals surface area contributed by atoms with Crippen molar-refractivity contribution < 1.29 is 9.59 Å². The van der Waals surface area contributed by atoms with E-state index < -0.39 is 0 Å². The molecule has 1 heterocycles. The van der Waals surface area contributed by atoms with Gasteiger partial charge in [-0.25, -0.2) is 0 Å². The van der Waals surface area contributed by atoms with E-state index in [0.717, 1.165) is 31.1 Å². The van der Waals surface area contributed by atoms with E-state index in [9.17, 15) is 9.59 Å². The molecule has 1 fully saturated rings. The van der Waals surface area contributed by atoms with Gasteiger partial charge in [0.05, 0.1) is 11.1 Å². The zero-order valence-electron chi connectivity index (χ0n) is 11.9. The fourth-order valence-electron chi connectivity index (χ4n) is 2.97. The fourth-order valence-corrected chi connectivity index (χ4v) is 3.14. The van der Waals surface area contributed by atoms with Gasteiger partial charge in [-0.05, 0) is 25.0 Å². The van der Waals surface area contributed by atoms with Gasteiger partial charge in [0.1, 0.15) is 0 Å². The van der Waals surface area contributed by atoms with Crippen molar-refractivity contribution >= 4 is 34.3 Å². The monoisotopic (exact) mass is 304 g/mol. The lowest BCUT2D eigenvalue weighted by atomic mass is 10.1. The minimum Gasteiger partial charge on any atom is -0.349 e. The van der Waals surface area contributed by atoms with Crippen LogP contribution in [0.3, 0.4) is 0 Å². The summed E-state index contributed by atoms with van der Waals surface area (Å²) in [5, 5.41) is 4.36.